The summed E-state index contributed by atoms with van der Waals surface area (Å²) in [4.78, 5) is 36.2. The first-order valence-electron chi connectivity index (χ1n) is 14.7. The maximum atomic E-state index is 12.2. The van der Waals surface area contributed by atoms with Crippen molar-refractivity contribution in [2.24, 2.45) is 5.41 Å². The van der Waals surface area contributed by atoms with Crippen molar-refractivity contribution < 1.29 is 46.7 Å². The maximum absolute atomic E-state index is 12.2. The maximum Gasteiger partial charge on any atom is 0.327 e. The van der Waals surface area contributed by atoms with Crippen LogP contribution in [0, 0.1) is 5.41 Å². The molecule has 1 aliphatic heterocycles. The minimum atomic E-state index is -4.89. The fraction of sp³-hybridized carbons (Fsp3) is 0.893. The molecule has 1 aliphatic rings. The van der Waals surface area contributed by atoms with E-state index in [2.05, 4.69) is 6.92 Å². The number of carbonyl (C=O) groups excluding carboxylic acids is 3. The molecule has 39 heavy (non-hydrogen) atoms. The number of aliphatic hydroxyl groups is 1. The van der Waals surface area contributed by atoms with E-state index in [1.54, 1.807) is 0 Å². The first-order valence-corrected chi connectivity index (χ1v) is 16.2. The molecule has 2 unspecified atom stereocenters. The van der Waals surface area contributed by atoms with Crippen molar-refractivity contribution in [3.8, 4) is 0 Å². The summed E-state index contributed by atoms with van der Waals surface area (Å²) in [6.45, 7) is 0.234. The lowest BCUT2D eigenvalue weighted by molar-refractivity contribution is -0.161. The second-order valence-corrected chi connectivity index (χ2v) is 12.4. The van der Waals surface area contributed by atoms with Crippen LogP contribution in [-0.2, 0) is 38.7 Å². The number of ether oxygens (including phenoxy) is 3. The number of unbranched alkanes of at least 4 members (excludes halogenated alkanes) is 15. The number of cyclic esters (lactones) is 2. The average Bonchev–Trinajstić information content (AvgIpc) is 2.96. The van der Waals surface area contributed by atoms with Crippen molar-refractivity contribution in [3.05, 3.63) is 0 Å². The lowest BCUT2D eigenvalue weighted by Gasteiger charge is -2.29. The van der Waals surface area contributed by atoms with Gasteiger partial charge in [0, 0.05) is 6.42 Å². The van der Waals surface area contributed by atoms with Gasteiger partial charge < -0.3 is 19.3 Å². The second kappa shape index (κ2) is 20.2. The Morgan fingerprint density at radius 3 is 1.77 bits per heavy atom. The van der Waals surface area contributed by atoms with E-state index in [0.717, 1.165) is 19.3 Å². The lowest BCUT2D eigenvalue weighted by atomic mass is 9.92. The first-order chi connectivity index (χ1) is 18.6. The molecule has 0 aromatic rings. The van der Waals surface area contributed by atoms with E-state index >= 15 is 0 Å². The van der Waals surface area contributed by atoms with Crippen LogP contribution in [0.1, 0.15) is 122 Å². The van der Waals surface area contributed by atoms with Crippen LogP contribution in [0.3, 0.4) is 0 Å². The Balaban J connectivity index is 2.16. The minimum Gasteiger partial charge on any atom is -0.465 e. The van der Waals surface area contributed by atoms with Gasteiger partial charge >= 0.3 is 17.9 Å². The van der Waals surface area contributed by atoms with Gasteiger partial charge in [0.25, 0.3) is 10.1 Å². The molecule has 11 heteroatoms. The Labute approximate surface area is 234 Å². The van der Waals surface area contributed by atoms with Crippen LogP contribution in [0.4, 0.5) is 0 Å². The zero-order chi connectivity index (χ0) is 29.0. The molecule has 0 bridgehead atoms. The van der Waals surface area contributed by atoms with Gasteiger partial charge in [0.2, 0.25) is 0 Å². The van der Waals surface area contributed by atoms with Crippen LogP contribution in [0.25, 0.3) is 0 Å². The van der Waals surface area contributed by atoms with E-state index < -0.39 is 64.9 Å². The largest absolute Gasteiger partial charge is 0.465 e. The van der Waals surface area contributed by atoms with E-state index in [1.807, 2.05) is 0 Å². The normalized spacial score (nSPS) is 20.4. The molecule has 0 aromatic heterocycles. The third-order valence-electron chi connectivity index (χ3n) is 7.14. The van der Waals surface area contributed by atoms with Crippen molar-refractivity contribution in [3.63, 3.8) is 0 Å². The zero-order valence-electron chi connectivity index (χ0n) is 23.7. The summed E-state index contributed by atoms with van der Waals surface area (Å²) in [5.41, 5.74) is -1.43. The van der Waals surface area contributed by atoms with Gasteiger partial charge in [0.15, 0.2) is 5.25 Å². The summed E-state index contributed by atoms with van der Waals surface area (Å²) in [5.74, 6) is -2.89. The van der Waals surface area contributed by atoms with Crippen LogP contribution in [0.15, 0.2) is 0 Å². The van der Waals surface area contributed by atoms with Gasteiger partial charge in [-0.15, -0.1) is 0 Å². The fourth-order valence-corrected chi connectivity index (χ4v) is 5.11. The number of hydrogen-bond donors (Lipinski definition) is 2. The molecule has 1 heterocycles. The molecule has 1 rings (SSSR count). The molecule has 0 saturated carbocycles. The van der Waals surface area contributed by atoms with Crippen molar-refractivity contribution in [1.82, 2.24) is 0 Å². The highest BCUT2D eigenvalue weighted by molar-refractivity contribution is 7.87. The van der Waals surface area contributed by atoms with Gasteiger partial charge in [0.1, 0.15) is 19.8 Å². The highest BCUT2D eigenvalue weighted by Gasteiger charge is 2.42. The lowest BCUT2D eigenvalue weighted by Crippen LogP contribution is -2.42. The summed E-state index contributed by atoms with van der Waals surface area (Å²) < 4.78 is 47.1. The Kier molecular flexibility index (Phi) is 18.3. The number of carbonyl (C=O) groups is 3. The molecule has 0 amide bonds. The quantitative estimate of drug-likeness (QED) is 0.0831. The van der Waals surface area contributed by atoms with Crippen LogP contribution in [-0.4, -0.2) is 67.7 Å². The van der Waals surface area contributed by atoms with Crippen LogP contribution in [0.2, 0.25) is 0 Å². The number of hydrogen-bond acceptors (Lipinski definition) is 9. The highest BCUT2D eigenvalue weighted by atomic mass is 32.2. The van der Waals surface area contributed by atoms with Crippen molar-refractivity contribution in [2.45, 2.75) is 128 Å². The molecule has 1 saturated heterocycles. The second-order valence-electron chi connectivity index (χ2n) is 10.8. The Hall–Kier alpha value is -1.72. The molecule has 1 fully saturated rings. The summed E-state index contributed by atoms with van der Waals surface area (Å²) in [6.07, 6.45) is 19.0. The third kappa shape index (κ3) is 16.2. The summed E-state index contributed by atoms with van der Waals surface area (Å²) >= 11 is 0. The zero-order valence-corrected chi connectivity index (χ0v) is 24.5. The van der Waals surface area contributed by atoms with E-state index in [9.17, 15) is 32.5 Å². The monoisotopic (exact) mass is 578 g/mol. The van der Waals surface area contributed by atoms with Crippen LogP contribution < -0.4 is 0 Å². The fourth-order valence-electron chi connectivity index (χ4n) is 4.46. The van der Waals surface area contributed by atoms with Crippen LogP contribution in [0.5, 0.6) is 0 Å². The summed E-state index contributed by atoms with van der Waals surface area (Å²) in [6, 6.07) is 0. The predicted octanol–water partition coefficient (Wildman–Crippen LogP) is 4.91. The molecule has 0 aliphatic carbocycles. The predicted molar refractivity (Wildman–Crippen MR) is 147 cm³/mol. The van der Waals surface area contributed by atoms with Gasteiger partial charge in [-0.3, -0.25) is 18.9 Å². The Morgan fingerprint density at radius 2 is 1.31 bits per heavy atom. The summed E-state index contributed by atoms with van der Waals surface area (Å²) in [5, 5.41) is 7.73. The Morgan fingerprint density at radius 1 is 0.846 bits per heavy atom. The van der Waals surface area contributed by atoms with Crippen molar-refractivity contribution >= 4 is 28.0 Å². The first kappa shape index (κ1) is 35.3. The molecular formula is C28H50O10S. The smallest absolute Gasteiger partial charge is 0.327 e. The average molecular weight is 579 g/mol. The number of rotatable bonds is 21. The van der Waals surface area contributed by atoms with Crippen LogP contribution >= 0.6 is 0 Å². The van der Waals surface area contributed by atoms with E-state index in [1.165, 1.54) is 77.0 Å². The SMILES string of the molecule is CCCCCCCCCCCCCCCCCCC(=O)OCC1(CO)COC(=O)CC(S(=O)(=O)O)C(=O)OC1. The molecule has 0 radical (unpaired) electrons. The van der Waals surface area contributed by atoms with E-state index in [4.69, 9.17) is 14.2 Å². The third-order valence-corrected chi connectivity index (χ3v) is 8.22. The van der Waals surface area contributed by atoms with E-state index in [-0.39, 0.29) is 13.0 Å². The molecule has 0 spiro atoms. The van der Waals surface area contributed by atoms with Gasteiger partial charge in [-0.1, -0.05) is 103 Å². The number of esters is 3. The highest BCUT2D eigenvalue weighted by Crippen LogP contribution is 2.23. The van der Waals surface area contributed by atoms with Gasteiger partial charge in [-0.2, -0.15) is 8.42 Å². The molecule has 10 nitrogen and oxygen atoms in total. The standard InChI is InChI=1S/C28H50O10S/c1-2-3-4-5-6-7-8-9-10-11-12-13-14-15-16-17-18-25(30)36-21-28(20-29)22-37-26(31)19-24(39(33,34)35)27(32)38-23-28/h24,29H,2-23H2,1H3,(H,33,34,35). The number of aliphatic hydroxyl groups excluding tert-OH is 1. The van der Waals surface area contributed by atoms with E-state index in [0.29, 0.717) is 6.42 Å². The van der Waals surface area contributed by atoms with Gasteiger partial charge in [-0.05, 0) is 6.42 Å². The van der Waals surface area contributed by atoms with Crippen molar-refractivity contribution in [1.29, 1.82) is 0 Å². The van der Waals surface area contributed by atoms with Crippen molar-refractivity contribution in [2.75, 3.05) is 26.4 Å². The van der Waals surface area contributed by atoms with Gasteiger partial charge in [0.05, 0.1) is 18.4 Å². The molecule has 2 atom stereocenters. The molecule has 0 aromatic carbocycles. The molecule has 228 valence electrons. The minimum absolute atomic E-state index is 0.199. The Bertz CT molecular complexity index is 813. The molecule has 2 N–H and O–H groups in total. The topological polar surface area (TPSA) is 154 Å². The molecular weight excluding hydrogens is 528 g/mol. The summed E-state index contributed by atoms with van der Waals surface area (Å²) in [7, 11) is -4.89. The van der Waals surface area contributed by atoms with Gasteiger partial charge in [-0.25, -0.2) is 0 Å².